The van der Waals surface area contributed by atoms with Crippen molar-refractivity contribution in [3.05, 3.63) is 65.1 Å². The molecule has 0 radical (unpaired) electrons. The van der Waals surface area contributed by atoms with Crippen LogP contribution in [-0.2, 0) is 16.8 Å². The molecule has 0 saturated heterocycles. The molecule has 0 aliphatic carbocycles. The number of aliphatic imine (C=N–C) groups is 1. The van der Waals surface area contributed by atoms with Crippen molar-refractivity contribution in [2.24, 2.45) is 15.9 Å². The number of nitrogen functional groups attached to an aromatic ring is 1. The molecular weight excluding hydrogens is 460 g/mol. The van der Waals surface area contributed by atoms with Gasteiger partial charge in [0.25, 0.3) is 0 Å². The monoisotopic (exact) mass is 486 g/mol. The number of hydrazone groups is 1. The molecule has 2 aromatic heterocycles. The van der Waals surface area contributed by atoms with Crippen molar-refractivity contribution in [1.29, 1.82) is 5.26 Å². The zero-order valence-electron chi connectivity index (χ0n) is 20.1. The Morgan fingerprint density at radius 3 is 2.64 bits per heavy atom. The smallest absolute Gasteiger partial charge is 0.304 e. The van der Waals surface area contributed by atoms with E-state index in [0.717, 1.165) is 0 Å². The summed E-state index contributed by atoms with van der Waals surface area (Å²) in [6, 6.07) is 14.2. The summed E-state index contributed by atoms with van der Waals surface area (Å²) in [7, 11) is 1.47. The van der Waals surface area contributed by atoms with Gasteiger partial charge in [-0.3, -0.25) is 14.8 Å². The maximum atomic E-state index is 11.2. The lowest BCUT2D eigenvalue weighted by molar-refractivity contribution is -0.138. The highest BCUT2D eigenvalue weighted by Gasteiger charge is 2.25. The molecule has 0 aliphatic rings. The van der Waals surface area contributed by atoms with E-state index in [1.807, 2.05) is 19.9 Å². The molecule has 5 N–H and O–H groups in total. The highest BCUT2D eigenvalue weighted by atomic mass is 16.5. The van der Waals surface area contributed by atoms with Gasteiger partial charge in [-0.1, -0.05) is 26.0 Å². The van der Waals surface area contributed by atoms with E-state index >= 15 is 0 Å². The molecule has 2 heterocycles. The molecule has 1 aromatic carbocycles. The third-order valence-electron chi connectivity index (χ3n) is 5.32. The Kier molecular flexibility index (Phi) is 7.91. The van der Waals surface area contributed by atoms with Gasteiger partial charge >= 0.3 is 5.97 Å². The van der Waals surface area contributed by atoms with Gasteiger partial charge in [0.15, 0.2) is 0 Å². The standard InChI is InChI=1S/C25H26N8O3/c1-25(2,11-22(34)35)21-9-5-7-16(30-21)13-29-14-20(33-28)19-10-18(31-24(27)32-19)17-8-4-6-15(12-26)23(17)36-3/h4-10,14H,11,13,28H2,1-3H3,(H,34,35)(H2,27,31,32)/b29-14?,33-20+. The molecule has 0 aliphatic heterocycles. The van der Waals surface area contributed by atoms with Crippen LogP contribution >= 0.6 is 0 Å². The largest absolute Gasteiger partial charge is 0.495 e. The summed E-state index contributed by atoms with van der Waals surface area (Å²) < 4.78 is 5.41. The molecule has 11 heteroatoms. The van der Waals surface area contributed by atoms with E-state index in [9.17, 15) is 10.1 Å². The van der Waals surface area contributed by atoms with Gasteiger partial charge in [-0.2, -0.15) is 10.4 Å². The summed E-state index contributed by atoms with van der Waals surface area (Å²) in [4.78, 5) is 28.6. The van der Waals surface area contributed by atoms with Gasteiger partial charge in [-0.05, 0) is 30.3 Å². The Labute approximate surface area is 208 Å². The van der Waals surface area contributed by atoms with Crippen molar-refractivity contribution in [3.63, 3.8) is 0 Å². The van der Waals surface area contributed by atoms with Crippen LogP contribution in [0.2, 0.25) is 0 Å². The topological polar surface area (TPSA) is 186 Å². The number of nitriles is 1. The van der Waals surface area contributed by atoms with E-state index in [1.165, 1.54) is 13.3 Å². The first-order chi connectivity index (χ1) is 17.2. The van der Waals surface area contributed by atoms with Crippen molar-refractivity contribution in [1.82, 2.24) is 15.0 Å². The molecule has 36 heavy (non-hydrogen) atoms. The van der Waals surface area contributed by atoms with Crippen molar-refractivity contribution < 1.29 is 14.6 Å². The first-order valence-electron chi connectivity index (χ1n) is 10.9. The van der Waals surface area contributed by atoms with Gasteiger partial charge in [-0.15, -0.1) is 0 Å². The third kappa shape index (κ3) is 5.98. The lowest BCUT2D eigenvalue weighted by Gasteiger charge is -2.22. The fourth-order valence-corrected chi connectivity index (χ4v) is 3.59. The number of pyridine rings is 1. The predicted octanol–water partition coefficient (Wildman–Crippen LogP) is 2.69. The van der Waals surface area contributed by atoms with Crippen LogP contribution in [0.25, 0.3) is 11.3 Å². The highest BCUT2D eigenvalue weighted by Crippen LogP contribution is 2.32. The highest BCUT2D eigenvalue weighted by molar-refractivity contribution is 6.37. The van der Waals surface area contributed by atoms with E-state index < -0.39 is 11.4 Å². The van der Waals surface area contributed by atoms with Gasteiger partial charge in [0.05, 0.1) is 48.9 Å². The second kappa shape index (κ2) is 11.1. The molecule has 3 aromatic rings. The first-order valence-corrected chi connectivity index (χ1v) is 10.9. The molecule has 0 fully saturated rings. The average molecular weight is 487 g/mol. The molecule has 0 amide bonds. The number of methoxy groups -OCH3 is 1. The number of carbonyl (C=O) groups is 1. The van der Waals surface area contributed by atoms with Crippen molar-refractivity contribution in [2.75, 3.05) is 12.8 Å². The Morgan fingerprint density at radius 1 is 1.22 bits per heavy atom. The van der Waals surface area contributed by atoms with Crippen molar-refractivity contribution in [3.8, 4) is 23.1 Å². The number of hydrogen-bond donors (Lipinski definition) is 3. The fraction of sp³-hybridized carbons (Fsp3) is 0.240. The number of nitrogens with two attached hydrogens (primary N) is 2. The van der Waals surface area contributed by atoms with Crippen molar-refractivity contribution in [2.45, 2.75) is 32.2 Å². The number of aliphatic carboxylic acids is 1. The minimum atomic E-state index is -0.894. The molecule has 0 spiro atoms. The second-order valence-electron chi connectivity index (χ2n) is 8.45. The summed E-state index contributed by atoms with van der Waals surface area (Å²) in [5, 5.41) is 22.3. The van der Waals surface area contributed by atoms with Gasteiger partial charge in [0, 0.05) is 16.7 Å². The maximum absolute atomic E-state index is 11.2. The maximum Gasteiger partial charge on any atom is 0.304 e. The van der Waals surface area contributed by atoms with E-state index in [4.69, 9.17) is 21.4 Å². The van der Waals surface area contributed by atoms with Crippen LogP contribution in [0.4, 0.5) is 5.95 Å². The average Bonchev–Trinajstić information content (AvgIpc) is 2.85. The van der Waals surface area contributed by atoms with E-state index in [2.05, 4.69) is 31.1 Å². The summed E-state index contributed by atoms with van der Waals surface area (Å²) >= 11 is 0. The number of aromatic nitrogens is 3. The Morgan fingerprint density at radius 2 is 1.97 bits per heavy atom. The number of hydrogen-bond acceptors (Lipinski definition) is 10. The number of anilines is 1. The van der Waals surface area contributed by atoms with Crippen LogP contribution in [0, 0.1) is 11.3 Å². The van der Waals surface area contributed by atoms with Crippen LogP contribution in [0.5, 0.6) is 5.75 Å². The minimum Gasteiger partial charge on any atom is -0.495 e. The normalized spacial score (nSPS) is 11.9. The molecular formula is C25H26N8O3. The number of carboxylic acid groups (broad SMARTS) is 1. The third-order valence-corrected chi connectivity index (χ3v) is 5.32. The first kappa shape index (κ1) is 25.8. The van der Waals surface area contributed by atoms with Crippen LogP contribution < -0.4 is 16.3 Å². The number of rotatable bonds is 9. The van der Waals surface area contributed by atoms with Gasteiger partial charge < -0.3 is 21.4 Å². The van der Waals surface area contributed by atoms with E-state index in [-0.39, 0.29) is 24.6 Å². The van der Waals surface area contributed by atoms with Crippen molar-refractivity contribution >= 4 is 23.8 Å². The second-order valence-corrected chi connectivity index (χ2v) is 8.45. The number of ether oxygens (including phenoxy) is 1. The summed E-state index contributed by atoms with van der Waals surface area (Å²) in [5.74, 6) is 5.06. The molecule has 0 bridgehead atoms. The summed E-state index contributed by atoms with van der Waals surface area (Å²) in [5.41, 5.74) is 8.55. The molecule has 184 valence electrons. The molecule has 0 unspecified atom stereocenters. The fourth-order valence-electron chi connectivity index (χ4n) is 3.59. The van der Waals surface area contributed by atoms with Crippen LogP contribution in [0.3, 0.4) is 0 Å². The molecule has 11 nitrogen and oxygen atoms in total. The Balaban J connectivity index is 1.87. The lowest BCUT2D eigenvalue weighted by Crippen LogP contribution is -2.23. The van der Waals surface area contributed by atoms with Gasteiger partial charge in [0.1, 0.15) is 17.5 Å². The van der Waals surface area contributed by atoms with Crippen LogP contribution in [0.1, 0.15) is 42.9 Å². The Bertz CT molecular complexity index is 1380. The Hall–Kier alpha value is -4.85. The SMILES string of the molecule is COc1c(C#N)cccc1-c1cc(/C(C=NCc2cccc(C(C)(C)CC(=O)O)n2)=N/N)nc(N)n1. The van der Waals surface area contributed by atoms with Crippen LogP contribution in [-0.4, -0.2) is 45.1 Å². The minimum absolute atomic E-state index is 0.0171. The van der Waals surface area contributed by atoms with Gasteiger partial charge in [0.2, 0.25) is 5.95 Å². The van der Waals surface area contributed by atoms with Crippen LogP contribution in [0.15, 0.2) is 52.6 Å². The quantitative estimate of drug-likeness (QED) is 0.232. The number of para-hydroxylation sites is 1. The number of carboxylic acids is 1. The molecule has 0 saturated carbocycles. The van der Waals surface area contributed by atoms with E-state index in [1.54, 1.807) is 36.4 Å². The molecule has 0 atom stereocenters. The number of nitrogens with zero attached hydrogens (tertiary/aromatic N) is 6. The molecule has 3 rings (SSSR count). The number of benzene rings is 1. The lowest BCUT2D eigenvalue weighted by atomic mass is 9.85. The van der Waals surface area contributed by atoms with E-state index in [0.29, 0.717) is 39.7 Å². The van der Waals surface area contributed by atoms with Gasteiger partial charge in [-0.25, -0.2) is 9.97 Å². The zero-order valence-corrected chi connectivity index (χ0v) is 20.1. The zero-order chi connectivity index (χ0) is 26.3. The predicted molar refractivity (Wildman–Crippen MR) is 136 cm³/mol. The summed E-state index contributed by atoms with van der Waals surface area (Å²) in [6.07, 6.45) is 1.40. The summed E-state index contributed by atoms with van der Waals surface area (Å²) in [6.45, 7) is 3.86.